The maximum atomic E-state index is 13.3. The van der Waals surface area contributed by atoms with Gasteiger partial charge in [0, 0.05) is 24.9 Å². The van der Waals surface area contributed by atoms with Crippen LogP contribution in [-0.4, -0.2) is 51.7 Å². The molecule has 2 aromatic rings. The SMILES string of the molecule is CC(C)(C1CCN(C(=O)c2cccc(S(C)(=O)=O)c2)CC1)S(=O)(=O)c1cccc(C(F)(F)F)c1. The molecule has 2 aromatic carbocycles. The van der Waals surface area contributed by atoms with E-state index in [2.05, 4.69) is 0 Å². The summed E-state index contributed by atoms with van der Waals surface area (Å²) in [6, 6.07) is 9.45. The summed E-state index contributed by atoms with van der Waals surface area (Å²) in [6.45, 7) is 3.49. The topological polar surface area (TPSA) is 88.6 Å². The molecular formula is C23H26F3NO5S2. The zero-order chi connectivity index (χ0) is 25.5. The number of amides is 1. The van der Waals surface area contributed by atoms with Gasteiger partial charge in [-0.2, -0.15) is 13.2 Å². The van der Waals surface area contributed by atoms with Gasteiger partial charge in [0.2, 0.25) is 0 Å². The van der Waals surface area contributed by atoms with E-state index >= 15 is 0 Å². The molecule has 0 spiro atoms. The van der Waals surface area contributed by atoms with Crippen molar-refractivity contribution in [3.8, 4) is 0 Å². The van der Waals surface area contributed by atoms with Crippen molar-refractivity contribution in [1.29, 1.82) is 0 Å². The molecule has 3 rings (SSSR count). The summed E-state index contributed by atoms with van der Waals surface area (Å²) < 4.78 is 88.1. The molecule has 34 heavy (non-hydrogen) atoms. The van der Waals surface area contributed by atoms with Crippen LogP contribution in [0.25, 0.3) is 0 Å². The average molecular weight is 518 g/mol. The van der Waals surface area contributed by atoms with E-state index in [1.807, 2.05) is 0 Å². The molecule has 1 fully saturated rings. The van der Waals surface area contributed by atoms with Gasteiger partial charge in [-0.3, -0.25) is 4.79 Å². The van der Waals surface area contributed by atoms with Crippen molar-refractivity contribution in [3.05, 3.63) is 59.7 Å². The van der Waals surface area contributed by atoms with Crippen molar-refractivity contribution in [3.63, 3.8) is 0 Å². The Balaban J connectivity index is 1.77. The first-order chi connectivity index (χ1) is 15.5. The largest absolute Gasteiger partial charge is 0.416 e. The van der Waals surface area contributed by atoms with Crippen LogP contribution in [0.2, 0.25) is 0 Å². The highest BCUT2D eigenvalue weighted by molar-refractivity contribution is 7.92. The lowest BCUT2D eigenvalue weighted by atomic mass is 9.85. The normalized spacial score (nSPS) is 16.5. The number of hydrogen-bond acceptors (Lipinski definition) is 5. The van der Waals surface area contributed by atoms with Gasteiger partial charge in [0.25, 0.3) is 5.91 Å². The lowest BCUT2D eigenvalue weighted by molar-refractivity contribution is -0.137. The van der Waals surface area contributed by atoms with Gasteiger partial charge in [-0.25, -0.2) is 16.8 Å². The average Bonchev–Trinajstić information content (AvgIpc) is 2.77. The first kappa shape index (κ1) is 26.2. The Bertz CT molecular complexity index is 1290. The van der Waals surface area contributed by atoms with Gasteiger partial charge in [0.1, 0.15) is 0 Å². The fraction of sp³-hybridized carbons (Fsp3) is 0.435. The van der Waals surface area contributed by atoms with Crippen LogP contribution in [0.1, 0.15) is 42.6 Å². The van der Waals surface area contributed by atoms with Crippen LogP contribution in [0.3, 0.4) is 0 Å². The monoisotopic (exact) mass is 517 g/mol. The summed E-state index contributed by atoms with van der Waals surface area (Å²) in [7, 11) is -7.58. The molecular weight excluding hydrogens is 491 g/mol. The fourth-order valence-corrected chi connectivity index (χ4v) is 6.67. The van der Waals surface area contributed by atoms with Crippen LogP contribution < -0.4 is 0 Å². The number of alkyl halides is 3. The third-order valence-corrected chi connectivity index (χ3v) is 10.1. The molecule has 186 valence electrons. The number of likely N-dealkylation sites (tertiary alicyclic amines) is 1. The number of piperidine rings is 1. The second-order valence-electron chi connectivity index (χ2n) is 9.00. The van der Waals surface area contributed by atoms with Crippen molar-refractivity contribution in [2.24, 2.45) is 5.92 Å². The molecule has 0 bridgehead atoms. The smallest absolute Gasteiger partial charge is 0.339 e. The first-order valence-corrected chi connectivity index (χ1v) is 13.9. The predicted octanol–water partition coefficient (Wildman–Crippen LogP) is 4.21. The molecule has 0 aromatic heterocycles. The number of sulfone groups is 2. The Labute approximate surface area is 197 Å². The minimum absolute atomic E-state index is 0.0292. The maximum Gasteiger partial charge on any atom is 0.416 e. The summed E-state index contributed by atoms with van der Waals surface area (Å²) in [5.41, 5.74) is -0.807. The molecule has 0 unspecified atom stereocenters. The third kappa shape index (κ3) is 5.14. The van der Waals surface area contributed by atoms with E-state index in [1.165, 1.54) is 49.1 Å². The van der Waals surface area contributed by atoms with Gasteiger partial charge in [-0.1, -0.05) is 12.1 Å². The van der Waals surface area contributed by atoms with Crippen LogP contribution in [0, 0.1) is 5.92 Å². The summed E-state index contributed by atoms with van der Waals surface area (Å²) >= 11 is 0. The number of carbonyl (C=O) groups excluding carboxylic acids is 1. The lowest BCUT2D eigenvalue weighted by Gasteiger charge is -2.40. The minimum atomic E-state index is -4.66. The predicted molar refractivity (Wildman–Crippen MR) is 121 cm³/mol. The Hall–Kier alpha value is -2.40. The van der Waals surface area contributed by atoms with E-state index in [0.29, 0.717) is 18.9 Å². The van der Waals surface area contributed by atoms with E-state index in [4.69, 9.17) is 0 Å². The molecule has 1 aliphatic heterocycles. The van der Waals surface area contributed by atoms with Crippen LogP contribution in [0.15, 0.2) is 58.3 Å². The second kappa shape index (κ2) is 8.99. The fourth-order valence-electron chi connectivity index (χ4n) is 4.18. The Kier molecular flexibility index (Phi) is 6.93. The van der Waals surface area contributed by atoms with Crippen molar-refractivity contribution in [1.82, 2.24) is 4.90 Å². The molecule has 6 nitrogen and oxygen atoms in total. The van der Waals surface area contributed by atoms with Gasteiger partial charge in [0.15, 0.2) is 19.7 Å². The number of benzene rings is 2. The van der Waals surface area contributed by atoms with E-state index in [9.17, 15) is 34.8 Å². The quantitative estimate of drug-likeness (QED) is 0.593. The van der Waals surface area contributed by atoms with Gasteiger partial charge >= 0.3 is 6.18 Å². The number of rotatable bonds is 5. The first-order valence-electron chi connectivity index (χ1n) is 10.6. The highest BCUT2D eigenvalue weighted by Crippen LogP contribution is 2.39. The van der Waals surface area contributed by atoms with Crippen molar-refractivity contribution in [2.45, 2.75) is 47.4 Å². The number of carbonyl (C=O) groups is 1. The van der Waals surface area contributed by atoms with Crippen molar-refractivity contribution >= 4 is 25.6 Å². The molecule has 0 N–H and O–H groups in total. The van der Waals surface area contributed by atoms with Gasteiger partial charge in [-0.15, -0.1) is 0 Å². The summed E-state index contributed by atoms with van der Waals surface area (Å²) in [4.78, 5) is 14.1. The Morgan fingerprint density at radius 2 is 1.47 bits per heavy atom. The van der Waals surface area contributed by atoms with Crippen LogP contribution in [0.4, 0.5) is 13.2 Å². The van der Waals surface area contributed by atoms with Gasteiger partial charge in [-0.05, 0) is 69.0 Å². The molecule has 1 heterocycles. The number of hydrogen-bond donors (Lipinski definition) is 0. The lowest BCUT2D eigenvalue weighted by Crippen LogP contribution is -2.47. The highest BCUT2D eigenvalue weighted by Gasteiger charge is 2.45. The van der Waals surface area contributed by atoms with Crippen LogP contribution in [0.5, 0.6) is 0 Å². The zero-order valence-electron chi connectivity index (χ0n) is 19.0. The Morgan fingerprint density at radius 3 is 2.03 bits per heavy atom. The third-order valence-electron chi connectivity index (χ3n) is 6.44. The number of nitrogens with zero attached hydrogens (tertiary/aromatic N) is 1. The summed E-state index contributed by atoms with van der Waals surface area (Å²) in [6.07, 6.45) is -2.93. The van der Waals surface area contributed by atoms with Crippen LogP contribution >= 0.6 is 0 Å². The molecule has 1 saturated heterocycles. The highest BCUT2D eigenvalue weighted by atomic mass is 32.2. The van der Waals surface area contributed by atoms with E-state index in [-0.39, 0.29) is 34.4 Å². The van der Waals surface area contributed by atoms with E-state index in [0.717, 1.165) is 18.4 Å². The minimum Gasteiger partial charge on any atom is -0.339 e. The molecule has 1 aliphatic rings. The van der Waals surface area contributed by atoms with Crippen molar-refractivity contribution < 1.29 is 34.8 Å². The number of halogens is 3. The van der Waals surface area contributed by atoms with Crippen LogP contribution in [-0.2, 0) is 25.9 Å². The van der Waals surface area contributed by atoms with E-state index < -0.39 is 42.1 Å². The standard InChI is InChI=1S/C23H26F3NO5S2/c1-22(2,34(31,32)20-9-5-7-18(15-20)23(24,25)26)17-10-12-27(13-11-17)21(28)16-6-4-8-19(14-16)33(3,29)30/h4-9,14-15,17H,10-13H2,1-3H3. The molecule has 0 saturated carbocycles. The Morgan fingerprint density at radius 1 is 0.912 bits per heavy atom. The second-order valence-corrected chi connectivity index (χ2v) is 13.5. The molecule has 0 radical (unpaired) electrons. The zero-order valence-corrected chi connectivity index (χ0v) is 20.6. The summed E-state index contributed by atoms with van der Waals surface area (Å²) in [5.74, 6) is -0.749. The summed E-state index contributed by atoms with van der Waals surface area (Å²) in [5, 5.41) is 0. The van der Waals surface area contributed by atoms with E-state index in [1.54, 1.807) is 0 Å². The molecule has 1 amide bonds. The molecule has 0 aliphatic carbocycles. The molecule has 0 atom stereocenters. The molecule has 11 heteroatoms. The van der Waals surface area contributed by atoms with Gasteiger partial charge in [0.05, 0.1) is 20.1 Å². The van der Waals surface area contributed by atoms with Gasteiger partial charge < -0.3 is 4.90 Å². The maximum absolute atomic E-state index is 13.3. The van der Waals surface area contributed by atoms with Crippen molar-refractivity contribution in [2.75, 3.05) is 19.3 Å².